The number of amides is 2. The SMILES string of the molecule is COc1ccc(N(CC(=O)N(Cc2ccc(Br)cc2)C(C)C(=O)NCC(C)C)S(=O)(=O)c2ccccc2)cc1. The molecule has 0 heterocycles. The van der Waals surface area contributed by atoms with Gasteiger partial charge in [0.2, 0.25) is 11.8 Å². The van der Waals surface area contributed by atoms with E-state index in [0.29, 0.717) is 18.0 Å². The molecule has 208 valence electrons. The van der Waals surface area contributed by atoms with Crippen molar-refractivity contribution >= 4 is 43.5 Å². The van der Waals surface area contributed by atoms with E-state index in [2.05, 4.69) is 21.2 Å². The molecule has 1 unspecified atom stereocenters. The summed E-state index contributed by atoms with van der Waals surface area (Å²) >= 11 is 3.41. The molecule has 0 bridgehead atoms. The summed E-state index contributed by atoms with van der Waals surface area (Å²) in [5.74, 6) is -0.0377. The Bertz CT molecular complexity index is 1350. The van der Waals surface area contributed by atoms with Gasteiger partial charge in [0.25, 0.3) is 10.0 Å². The van der Waals surface area contributed by atoms with Gasteiger partial charge >= 0.3 is 0 Å². The predicted octanol–water partition coefficient (Wildman–Crippen LogP) is 4.84. The van der Waals surface area contributed by atoms with Gasteiger partial charge in [0, 0.05) is 17.6 Å². The number of halogens is 1. The molecule has 8 nitrogen and oxygen atoms in total. The summed E-state index contributed by atoms with van der Waals surface area (Å²) in [6.07, 6.45) is 0. The Hall–Kier alpha value is -3.37. The maximum absolute atomic E-state index is 13.9. The first kappa shape index (κ1) is 30.2. The van der Waals surface area contributed by atoms with Crippen LogP contribution in [0, 0.1) is 5.92 Å². The number of ether oxygens (including phenoxy) is 1. The minimum absolute atomic E-state index is 0.0517. The molecule has 1 atom stereocenters. The number of carbonyl (C=O) groups excluding carboxylic acids is 2. The third-order valence-corrected chi connectivity index (χ3v) is 8.41. The number of nitrogens with one attached hydrogen (secondary N) is 1. The highest BCUT2D eigenvalue weighted by Crippen LogP contribution is 2.26. The van der Waals surface area contributed by atoms with Crippen molar-refractivity contribution in [3.63, 3.8) is 0 Å². The zero-order valence-corrected chi connectivity index (χ0v) is 24.9. The molecule has 10 heteroatoms. The highest BCUT2D eigenvalue weighted by atomic mass is 79.9. The zero-order valence-electron chi connectivity index (χ0n) is 22.5. The number of methoxy groups -OCH3 is 1. The quantitative estimate of drug-likeness (QED) is 0.314. The average molecular weight is 617 g/mol. The van der Waals surface area contributed by atoms with Crippen LogP contribution in [-0.4, -0.2) is 51.4 Å². The summed E-state index contributed by atoms with van der Waals surface area (Å²) in [5.41, 5.74) is 1.10. The summed E-state index contributed by atoms with van der Waals surface area (Å²) in [7, 11) is -2.59. The summed E-state index contributed by atoms with van der Waals surface area (Å²) in [6, 6.07) is 21.0. The second-order valence-electron chi connectivity index (χ2n) is 9.49. The lowest BCUT2D eigenvalue weighted by molar-refractivity contribution is -0.139. The van der Waals surface area contributed by atoms with Crippen LogP contribution in [0.4, 0.5) is 5.69 Å². The molecule has 39 heavy (non-hydrogen) atoms. The van der Waals surface area contributed by atoms with Crippen molar-refractivity contribution in [1.82, 2.24) is 10.2 Å². The normalized spacial score (nSPS) is 12.1. The van der Waals surface area contributed by atoms with Gasteiger partial charge < -0.3 is 15.0 Å². The first-order chi connectivity index (χ1) is 18.5. The summed E-state index contributed by atoms with van der Waals surface area (Å²) < 4.78 is 34.7. The monoisotopic (exact) mass is 615 g/mol. The first-order valence-electron chi connectivity index (χ1n) is 12.6. The summed E-state index contributed by atoms with van der Waals surface area (Å²) in [6.45, 7) is 5.71. The molecule has 0 aliphatic rings. The van der Waals surface area contributed by atoms with Crippen LogP contribution in [0.25, 0.3) is 0 Å². The molecule has 0 saturated carbocycles. The van der Waals surface area contributed by atoms with E-state index in [1.807, 2.05) is 38.1 Å². The van der Waals surface area contributed by atoms with Crippen molar-refractivity contribution in [1.29, 1.82) is 0 Å². The molecule has 0 aliphatic heterocycles. The van der Waals surface area contributed by atoms with Gasteiger partial charge in [-0.25, -0.2) is 8.42 Å². The lowest BCUT2D eigenvalue weighted by Gasteiger charge is -2.32. The minimum Gasteiger partial charge on any atom is -0.497 e. The topological polar surface area (TPSA) is 96.0 Å². The number of benzene rings is 3. The molecule has 0 aliphatic carbocycles. The van der Waals surface area contributed by atoms with Gasteiger partial charge in [0.1, 0.15) is 18.3 Å². The highest BCUT2D eigenvalue weighted by Gasteiger charge is 2.32. The van der Waals surface area contributed by atoms with Crippen molar-refractivity contribution in [2.45, 2.75) is 38.3 Å². The van der Waals surface area contributed by atoms with Gasteiger partial charge in [0.15, 0.2) is 0 Å². The second-order valence-corrected chi connectivity index (χ2v) is 12.3. The van der Waals surface area contributed by atoms with Crippen molar-refractivity contribution in [2.75, 3.05) is 24.5 Å². The standard InChI is InChI=1S/C29H34BrN3O5S/c1-21(2)18-31-29(35)22(3)32(19-23-10-12-24(30)13-11-23)28(34)20-33(25-14-16-26(38-4)17-15-25)39(36,37)27-8-6-5-7-9-27/h5-17,21-22H,18-20H2,1-4H3,(H,31,35). The van der Waals surface area contributed by atoms with Crippen LogP contribution in [0.15, 0.2) is 88.2 Å². The van der Waals surface area contributed by atoms with Crippen LogP contribution in [0.3, 0.4) is 0 Å². The number of hydrogen-bond donors (Lipinski definition) is 1. The molecular weight excluding hydrogens is 582 g/mol. The number of carbonyl (C=O) groups is 2. The van der Waals surface area contributed by atoms with Crippen LogP contribution < -0.4 is 14.4 Å². The van der Waals surface area contributed by atoms with Crippen LogP contribution in [0.2, 0.25) is 0 Å². The van der Waals surface area contributed by atoms with Crippen LogP contribution >= 0.6 is 15.9 Å². The van der Waals surface area contributed by atoms with E-state index in [4.69, 9.17) is 4.74 Å². The Morgan fingerprint density at radius 2 is 1.54 bits per heavy atom. The van der Waals surface area contributed by atoms with Crippen LogP contribution in [-0.2, 0) is 26.2 Å². The van der Waals surface area contributed by atoms with Gasteiger partial charge in [-0.05, 0) is 66.9 Å². The molecule has 1 N–H and O–H groups in total. The zero-order chi connectivity index (χ0) is 28.6. The molecule has 3 aromatic rings. The van der Waals surface area contributed by atoms with E-state index in [0.717, 1.165) is 14.3 Å². The third-order valence-electron chi connectivity index (χ3n) is 6.09. The number of anilines is 1. The average Bonchev–Trinajstić information content (AvgIpc) is 2.94. The molecular formula is C29H34BrN3O5S. The molecule has 0 spiro atoms. The van der Waals surface area contributed by atoms with Gasteiger partial charge in [-0.1, -0.05) is 60.1 Å². The fraction of sp³-hybridized carbons (Fsp3) is 0.310. The Morgan fingerprint density at radius 3 is 2.10 bits per heavy atom. The Kier molecular flexibility index (Phi) is 10.5. The third kappa shape index (κ3) is 8.06. The molecule has 0 radical (unpaired) electrons. The lowest BCUT2D eigenvalue weighted by atomic mass is 10.1. The number of nitrogens with zero attached hydrogens (tertiary/aromatic N) is 2. The second kappa shape index (κ2) is 13.6. The molecule has 3 rings (SSSR count). The van der Waals surface area contributed by atoms with Gasteiger partial charge in [-0.2, -0.15) is 0 Å². The summed E-state index contributed by atoms with van der Waals surface area (Å²) in [4.78, 5) is 28.4. The van der Waals surface area contributed by atoms with Crippen LogP contribution in [0.5, 0.6) is 5.75 Å². The van der Waals surface area contributed by atoms with E-state index in [-0.39, 0.29) is 23.3 Å². The maximum atomic E-state index is 13.9. The summed E-state index contributed by atoms with van der Waals surface area (Å²) in [5, 5.41) is 2.88. The lowest BCUT2D eigenvalue weighted by Crippen LogP contribution is -2.51. The molecule has 0 fully saturated rings. The Labute approximate surface area is 239 Å². The van der Waals surface area contributed by atoms with Crippen molar-refractivity contribution in [3.05, 3.63) is 88.9 Å². The highest BCUT2D eigenvalue weighted by molar-refractivity contribution is 9.10. The maximum Gasteiger partial charge on any atom is 0.264 e. The van der Waals surface area contributed by atoms with Gasteiger partial charge in [0.05, 0.1) is 17.7 Å². The van der Waals surface area contributed by atoms with E-state index in [1.54, 1.807) is 49.4 Å². The van der Waals surface area contributed by atoms with Crippen molar-refractivity contribution < 1.29 is 22.7 Å². The van der Waals surface area contributed by atoms with E-state index in [9.17, 15) is 18.0 Å². The van der Waals surface area contributed by atoms with Crippen LogP contribution in [0.1, 0.15) is 26.3 Å². The van der Waals surface area contributed by atoms with Gasteiger partial charge in [-0.15, -0.1) is 0 Å². The fourth-order valence-electron chi connectivity index (χ4n) is 3.82. The van der Waals surface area contributed by atoms with E-state index < -0.39 is 28.5 Å². The molecule has 2 amide bonds. The fourth-order valence-corrected chi connectivity index (χ4v) is 5.52. The van der Waals surface area contributed by atoms with E-state index >= 15 is 0 Å². The number of hydrogen-bond acceptors (Lipinski definition) is 5. The number of sulfonamides is 1. The van der Waals surface area contributed by atoms with E-state index in [1.165, 1.54) is 24.1 Å². The largest absolute Gasteiger partial charge is 0.497 e. The van der Waals surface area contributed by atoms with Crippen molar-refractivity contribution in [2.24, 2.45) is 5.92 Å². The number of rotatable bonds is 12. The predicted molar refractivity (Wildman–Crippen MR) is 156 cm³/mol. The first-order valence-corrected chi connectivity index (χ1v) is 14.8. The minimum atomic E-state index is -4.11. The Balaban J connectivity index is 1.99. The Morgan fingerprint density at radius 1 is 0.923 bits per heavy atom. The van der Waals surface area contributed by atoms with Gasteiger partial charge in [-0.3, -0.25) is 13.9 Å². The molecule has 0 saturated heterocycles. The molecule has 0 aromatic heterocycles. The van der Waals surface area contributed by atoms with Crippen molar-refractivity contribution in [3.8, 4) is 5.75 Å². The smallest absolute Gasteiger partial charge is 0.264 e. The molecule has 3 aromatic carbocycles.